The smallest absolute Gasteiger partial charge is 0.260 e. The minimum Gasteiger partial charge on any atom is -0.435 e. The fourth-order valence-corrected chi connectivity index (χ4v) is 5.06. The molecule has 0 spiro atoms. The van der Waals surface area contributed by atoms with Crippen molar-refractivity contribution in [3.8, 4) is 11.6 Å². The van der Waals surface area contributed by atoms with Crippen LogP contribution in [-0.2, 0) is 0 Å². The van der Waals surface area contributed by atoms with Crippen LogP contribution in [0.5, 0.6) is 11.6 Å². The number of pyridine rings is 1. The predicted molar refractivity (Wildman–Crippen MR) is 230 cm³/mol. The Hall–Kier alpha value is -5.18. The number of ether oxygens (including phenoxy) is 1. The molecule has 1 aliphatic heterocycles. The number of likely N-dealkylation sites (N-methyl/N-ethyl adjacent to an activating group) is 1. The SMILES string of the molecule is C=C(F)C(=C)C=C(C)C.CC.CCCN.Cc1cc2c(F)c(Oc3ncnc(Nc4ccc(N5CCN(C)CC5)cn4)c3C(=O)NC3CC3)ccc2[nH]1.NC1CC1. The molecule has 0 bridgehead atoms. The quantitative estimate of drug-likeness (QED) is 0.0986. The number of amides is 1. The number of H-pyrrole nitrogens is 1. The van der Waals surface area contributed by atoms with Gasteiger partial charge in [-0.3, -0.25) is 4.79 Å². The summed E-state index contributed by atoms with van der Waals surface area (Å²) < 4.78 is 33.3. The summed E-state index contributed by atoms with van der Waals surface area (Å²) in [6, 6.07) is 9.48. The van der Waals surface area contributed by atoms with Crippen LogP contribution in [0.25, 0.3) is 10.9 Å². The van der Waals surface area contributed by atoms with Gasteiger partial charge in [-0.1, -0.05) is 45.6 Å². The third-order valence-electron chi connectivity index (χ3n) is 8.58. The van der Waals surface area contributed by atoms with E-state index in [1.165, 1.54) is 25.2 Å². The minimum atomic E-state index is -0.533. The number of hydrogen-bond donors (Lipinski definition) is 5. The van der Waals surface area contributed by atoms with E-state index in [0.717, 1.165) is 68.9 Å². The second-order valence-corrected chi connectivity index (χ2v) is 14.1. The molecule has 4 heterocycles. The van der Waals surface area contributed by atoms with Gasteiger partial charge in [-0.05, 0) is 96.8 Å². The molecule has 7 N–H and O–H groups in total. The lowest BCUT2D eigenvalue weighted by molar-refractivity contribution is 0.0948. The van der Waals surface area contributed by atoms with Gasteiger partial charge >= 0.3 is 0 Å². The van der Waals surface area contributed by atoms with Crippen molar-refractivity contribution in [3.05, 3.63) is 96.1 Å². The van der Waals surface area contributed by atoms with Gasteiger partial charge in [0.1, 0.15) is 23.5 Å². The summed E-state index contributed by atoms with van der Waals surface area (Å²) in [6.45, 7) is 22.9. The summed E-state index contributed by atoms with van der Waals surface area (Å²) in [4.78, 5) is 34.0. The summed E-state index contributed by atoms with van der Waals surface area (Å²) in [5.41, 5.74) is 14.3. The van der Waals surface area contributed by atoms with Crippen molar-refractivity contribution in [2.75, 3.05) is 50.0 Å². The third-order valence-corrected chi connectivity index (χ3v) is 8.58. The van der Waals surface area contributed by atoms with Crippen molar-refractivity contribution in [3.63, 3.8) is 0 Å². The number of aromatic amines is 1. The van der Waals surface area contributed by atoms with Crippen molar-refractivity contribution in [2.24, 2.45) is 11.5 Å². The van der Waals surface area contributed by atoms with Gasteiger partial charge in [0, 0.05) is 60.4 Å². The highest BCUT2D eigenvalue weighted by Crippen LogP contribution is 2.34. The Labute approximate surface area is 336 Å². The molecule has 3 aromatic heterocycles. The molecule has 3 fully saturated rings. The van der Waals surface area contributed by atoms with Crippen LogP contribution in [0.15, 0.2) is 79.1 Å². The minimum absolute atomic E-state index is 0.0312. The van der Waals surface area contributed by atoms with Crippen molar-refractivity contribution in [2.45, 2.75) is 85.7 Å². The van der Waals surface area contributed by atoms with E-state index in [0.29, 0.717) is 28.3 Å². The van der Waals surface area contributed by atoms with Crippen LogP contribution in [0.3, 0.4) is 0 Å². The highest BCUT2D eigenvalue weighted by molar-refractivity contribution is 6.01. The number of halogens is 2. The molecule has 1 saturated heterocycles. The summed E-state index contributed by atoms with van der Waals surface area (Å²) in [7, 11) is 2.12. The first-order valence-corrected chi connectivity index (χ1v) is 19.7. The first kappa shape index (κ1) is 46.2. The van der Waals surface area contributed by atoms with E-state index < -0.39 is 17.6 Å². The Morgan fingerprint density at radius 2 is 1.70 bits per heavy atom. The maximum absolute atomic E-state index is 15.3. The fraction of sp³-hybridized carbons (Fsp3) is 0.442. The fourth-order valence-electron chi connectivity index (χ4n) is 5.06. The number of allylic oxidation sites excluding steroid dienone is 4. The molecule has 2 aliphatic carbocycles. The van der Waals surface area contributed by atoms with Gasteiger partial charge < -0.3 is 41.6 Å². The second-order valence-electron chi connectivity index (χ2n) is 14.1. The van der Waals surface area contributed by atoms with Crippen LogP contribution >= 0.6 is 0 Å². The largest absolute Gasteiger partial charge is 0.435 e. The molecule has 4 aromatic rings. The van der Waals surface area contributed by atoms with Crippen LogP contribution in [-0.4, -0.2) is 82.6 Å². The Bertz CT molecular complexity index is 1920. The molecule has 0 atom stereocenters. The Kier molecular flexibility index (Phi) is 18.8. The number of aromatic nitrogens is 4. The zero-order valence-electron chi connectivity index (χ0n) is 34.7. The summed E-state index contributed by atoms with van der Waals surface area (Å²) >= 11 is 0. The summed E-state index contributed by atoms with van der Waals surface area (Å²) in [5.74, 6) is -0.712. The Morgan fingerprint density at radius 3 is 2.21 bits per heavy atom. The molecular weight excluding hydrogens is 727 g/mol. The number of piperazine rings is 1. The zero-order chi connectivity index (χ0) is 42.1. The molecule has 57 heavy (non-hydrogen) atoms. The van der Waals surface area contributed by atoms with Gasteiger partial charge in [-0.15, -0.1) is 0 Å². The van der Waals surface area contributed by atoms with E-state index >= 15 is 4.39 Å². The Balaban J connectivity index is 0.000000381. The van der Waals surface area contributed by atoms with E-state index in [1.54, 1.807) is 24.4 Å². The van der Waals surface area contributed by atoms with Gasteiger partial charge in [0.15, 0.2) is 17.4 Å². The first-order chi connectivity index (χ1) is 27.3. The molecule has 0 unspecified atom stereocenters. The van der Waals surface area contributed by atoms with E-state index in [9.17, 15) is 9.18 Å². The lowest BCUT2D eigenvalue weighted by Gasteiger charge is -2.33. The summed E-state index contributed by atoms with van der Waals surface area (Å²) in [5, 5.41) is 6.49. The van der Waals surface area contributed by atoms with Crippen molar-refractivity contribution in [1.82, 2.24) is 30.2 Å². The van der Waals surface area contributed by atoms with Crippen molar-refractivity contribution < 1.29 is 18.3 Å². The lowest BCUT2D eigenvalue weighted by atomic mass is 10.2. The number of hydrogen-bond acceptors (Lipinski definition) is 10. The number of aryl methyl sites for hydroxylation is 1. The number of rotatable bonds is 10. The topological polar surface area (TPSA) is 163 Å². The predicted octanol–water partition coefficient (Wildman–Crippen LogP) is 8.46. The number of carbonyl (C=O) groups is 1. The van der Waals surface area contributed by atoms with Crippen LogP contribution in [0.2, 0.25) is 0 Å². The molecule has 2 saturated carbocycles. The van der Waals surface area contributed by atoms with E-state index in [2.05, 4.69) is 67.5 Å². The van der Waals surface area contributed by atoms with E-state index in [1.807, 2.05) is 46.8 Å². The second kappa shape index (κ2) is 23.1. The highest BCUT2D eigenvalue weighted by Gasteiger charge is 2.29. The van der Waals surface area contributed by atoms with Gasteiger partial charge in [0.25, 0.3) is 5.91 Å². The van der Waals surface area contributed by atoms with Gasteiger partial charge in [0.05, 0.1) is 11.9 Å². The van der Waals surface area contributed by atoms with Crippen LogP contribution in [0.1, 0.15) is 82.8 Å². The molecule has 310 valence electrons. The van der Waals surface area contributed by atoms with Crippen molar-refractivity contribution in [1.29, 1.82) is 0 Å². The number of nitrogens with one attached hydrogen (secondary N) is 3. The van der Waals surface area contributed by atoms with Crippen LogP contribution < -0.4 is 31.7 Å². The Morgan fingerprint density at radius 1 is 1.05 bits per heavy atom. The zero-order valence-corrected chi connectivity index (χ0v) is 34.7. The number of carbonyl (C=O) groups excluding carboxylic acids is 1. The molecule has 1 amide bonds. The lowest BCUT2D eigenvalue weighted by Crippen LogP contribution is -2.44. The van der Waals surface area contributed by atoms with Crippen LogP contribution in [0, 0.1) is 12.7 Å². The van der Waals surface area contributed by atoms with Crippen LogP contribution in [0.4, 0.5) is 26.1 Å². The monoisotopic (exact) mass is 789 g/mol. The van der Waals surface area contributed by atoms with E-state index in [4.69, 9.17) is 16.2 Å². The number of fused-ring (bicyclic) bond motifs is 1. The number of benzene rings is 1. The molecule has 1 aromatic carbocycles. The van der Waals surface area contributed by atoms with Gasteiger partial charge in [-0.2, -0.15) is 0 Å². The van der Waals surface area contributed by atoms with Gasteiger partial charge in [0.2, 0.25) is 5.88 Å². The average Bonchev–Trinajstić information content (AvgIpc) is 4.14. The molecule has 14 heteroatoms. The van der Waals surface area contributed by atoms with Crippen molar-refractivity contribution >= 4 is 34.1 Å². The number of nitrogens with two attached hydrogens (primary N) is 2. The highest BCUT2D eigenvalue weighted by atomic mass is 19.1. The maximum Gasteiger partial charge on any atom is 0.260 e. The van der Waals surface area contributed by atoms with Gasteiger partial charge in [-0.25, -0.2) is 23.7 Å². The van der Waals surface area contributed by atoms with E-state index in [-0.39, 0.29) is 29.1 Å². The average molecular weight is 789 g/mol. The standard InChI is InChI=1S/C27H29FN8O2.C8H11F.C3H7N.C3H9N.C2H6/c1-16-13-19-20(32-16)6-7-21(24(19)28)38-27-23(26(37)33-17-3-4-17)25(30-15-31-27)34-22-8-5-18(14-29-22)36-11-9-35(2)10-12-36;1-6(2)5-7(3)8(4)9;4-3-1-2-3;1-2-3-4;1-2/h5-8,13-15,17,32H,3-4,9-12H2,1-2H3,(H,33,37)(H,29,30,31,34);5H,3-4H2,1-2H3;3H,1-2,4H2;2-4H2,1H3;1-2H3. The third kappa shape index (κ3) is 15.4. The molecule has 3 aliphatic rings. The normalized spacial score (nSPS) is 14.5. The maximum atomic E-state index is 15.3. The number of anilines is 3. The molecule has 12 nitrogen and oxygen atoms in total. The summed E-state index contributed by atoms with van der Waals surface area (Å²) in [6.07, 6.45) is 10.2. The number of nitrogens with zero attached hydrogens (tertiary/aromatic N) is 5. The first-order valence-electron chi connectivity index (χ1n) is 19.7. The molecule has 0 radical (unpaired) electrons. The molecule has 7 rings (SSSR count). The molecular formula is C43H62F2N10O2.